The van der Waals surface area contributed by atoms with E-state index in [-0.39, 0.29) is 0 Å². The monoisotopic (exact) mass is 163 g/mol. The second-order valence-electron chi connectivity index (χ2n) is 3.10. The van der Waals surface area contributed by atoms with E-state index < -0.39 is 0 Å². The Morgan fingerprint density at radius 1 is 1.42 bits per heavy atom. The zero-order valence-electron chi connectivity index (χ0n) is 7.05. The fourth-order valence-corrected chi connectivity index (χ4v) is 1.54. The number of hydrogen-bond acceptors (Lipinski definition) is 2. The number of ether oxygens (including phenoxy) is 1. The molecule has 0 spiro atoms. The van der Waals surface area contributed by atoms with E-state index in [1.807, 2.05) is 12.1 Å². The van der Waals surface area contributed by atoms with Crippen LogP contribution in [0.3, 0.4) is 0 Å². The molecule has 0 saturated carbocycles. The first kappa shape index (κ1) is 7.62. The lowest BCUT2D eigenvalue weighted by Crippen LogP contribution is -2.09. The molecule has 0 saturated heterocycles. The van der Waals surface area contributed by atoms with E-state index in [1.54, 1.807) is 0 Å². The lowest BCUT2D eigenvalue weighted by atomic mass is 10.0. The molecule has 0 fully saturated rings. The number of aryl methyl sites for hydroxylation is 1. The van der Waals surface area contributed by atoms with Gasteiger partial charge >= 0.3 is 0 Å². The summed E-state index contributed by atoms with van der Waals surface area (Å²) in [6.45, 7) is 1.47. The Morgan fingerprint density at radius 2 is 2.33 bits per heavy atom. The maximum Gasteiger partial charge on any atom is 0.122 e. The number of benzene rings is 1. The topological polar surface area (TPSA) is 35.2 Å². The van der Waals surface area contributed by atoms with Crippen LogP contribution in [0.2, 0.25) is 0 Å². The Bertz CT molecular complexity index is 283. The van der Waals surface area contributed by atoms with Crippen molar-refractivity contribution < 1.29 is 4.74 Å². The summed E-state index contributed by atoms with van der Waals surface area (Å²) >= 11 is 0. The quantitative estimate of drug-likeness (QED) is 0.680. The molecule has 0 bridgehead atoms. The summed E-state index contributed by atoms with van der Waals surface area (Å²) in [6.07, 6.45) is 2.25. The zero-order valence-corrected chi connectivity index (χ0v) is 7.05. The van der Waals surface area contributed by atoms with Gasteiger partial charge in [-0.3, -0.25) is 0 Å². The molecule has 0 unspecified atom stereocenters. The molecule has 0 radical (unpaired) electrons. The van der Waals surface area contributed by atoms with E-state index in [1.165, 1.54) is 11.1 Å². The largest absolute Gasteiger partial charge is 0.493 e. The molecular formula is C10H13NO. The molecule has 2 rings (SSSR count). The van der Waals surface area contributed by atoms with Crippen LogP contribution in [0, 0.1) is 0 Å². The second kappa shape index (κ2) is 3.15. The summed E-state index contributed by atoms with van der Waals surface area (Å²) < 4.78 is 5.48. The van der Waals surface area contributed by atoms with E-state index in [9.17, 15) is 0 Å². The second-order valence-corrected chi connectivity index (χ2v) is 3.10. The number of hydrogen-bond donors (Lipinski definition) is 1. The summed E-state index contributed by atoms with van der Waals surface area (Å²) in [5.74, 6) is 1.04. The van der Waals surface area contributed by atoms with E-state index in [4.69, 9.17) is 10.5 Å². The predicted octanol–water partition coefficient (Wildman–Crippen LogP) is 1.47. The Morgan fingerprint density at radius 3 is 3.17 bits per heavy atom. The van der Waals surface area contributed by atoms with Gasteiger partial charge in [-0.25, -0.2) is 0 Å². The number of rotatable bonds is 1. The summed E-state index contributed by atoms with van der Waals surface area (Å²) in [7, 11) is 0. The van der Waals surface area contributed by atoms with Crippen LogP contribution < -0.4 is 10.5 Å². The molecule has 1 heterocycles. The highest BCUT2D eigenvalue weighted by molar-refractivity contribution is 5.38. The molecule has 0 aliphatic carbocycles. The first-order chi connectivity index (χ1) is 5.90. The molecule has 0 aromatic heterocycles. The minimum absolute atomic E-state index is 0.618. The molecular weight excluding hydrogens is 150 g/mol. The molecule has 1 aliphatic heterocycles. The molecule has 1 aromatic rings. The van der Waals surface area contributed by atoms with Crippen LogP contribution in [0.1, 0.15) is 17.5 Å². The minimum atomic E-state index is 0.618. The van der Waals surface area contributed by atoms with Crippen molar-refractivity contribution in [3.8, 4) is 5.75 Å². The van der Waals surface area contributed by atoms with Crippen LogP contribution in [0.25, 0.3) is 0 Å². The van der Waals surface area contributed by atoms with Crippen LogP contribution in [0.15, 0.2) is 18.2 Å². The van der Waals surface area contributed by atoms with Gasteiger partial charge in [-0.1, -0.05) is 12.1 Å². The van der Waals surface area contributed by atoms with Gasteiger partial charge in [-0.05, 0) is 30.0 Å². The van der Waals surface area contributed by atoms with Crippen molar-refractivity contribution in [2.75, 3.05) is 6.61 Å². The van der Waals surface area contributed by atoms with Crippen molar-refractivity contribution in [1.82, 2.24) is 0 Å². The van der Waals surface area contributed by atoms with Crippen LogP contribution >= 0.6 is 0 Å². The smallest absolute Gasteiger partial charge is 0.122 e. The van der Waals surface area contributed by atoms with Gasteiger partial charge in [0.1, 0.15) is 5.75 Å². The summed E-state index contributed by atoms with van der Waals surface area (Å²) in [6, 6.07) is 6.20. The Kier molecular flexibility index (Phi) is 2.00. The van der Waals surface area contributed by atoms with E-state index in [0.717, 1.165) is 25.2 Å². The van der Waals surface area contributed by atoms with Gasteiger partial charge in [-0.15, -0.1) is 0 Å². The standard InChI is InChI=1S/C10H13NO/c11-7-8-3-4-10-9(6-8)2-1-5-12-10/h3-4,6H,1-2,5,7,11H2. The van der Waals surface area contributed by atoms with E-state index in [2.05, 4.69) is 6.07 Å². The molecule has 0 amide bonds. The predicted molar refractivity (Wildman–Crippen MR) is 48.1 cm³/mol. The highest BCUT2D eigenvalue weighted by Crippen LogP contribution is 2.25. The van der Waals surface area contributed by atoms with Gasteiger partial charge in [0.05, 0.1) is 6.61 Å². The van der Waals surface area contributed by atoms with Crippen molar-refractivity contribution in [2.24, 2.45) is 5.73 Å². The molecule has 64 valence electrons. The minimum Gasteiger partial charge on any atom is -0.493 e. The van der Waals surface area contributed by atoms with Crippen molar-refractivity contribution in [3.63, 3.8) is 0 Å². The van der Waals surface area contributed by atoms with Gasteiger partial charge in [0.25, 0.3) is 0 Å². The van der Waals surface area contributed by atoms with Crippen molar-refractivity contribution in [1.29, 1.82) is 0 Å². The van der Waals surface area contributed by atoms with Gasteiger partial charge in [0, 0.05) is 6.54 Å². The average Bonchev–Trinajstić information content (AvgIpc) is 2.17. The first-order valence-corrected chi connectivity index (χ1v) is 4.35. The molecule has 1 aromatic carbocycles. The van der Waals surface area contributed by atoms with Crippen molar-refractivity contribution in [2.45, 2.75) is 19.4 Å². The Labute approximate surface area is 72.3 Å². The fourth-order valence-electron chi connectivity index (χ4n) is 1.54. The van der Waals surface area contributed by atoms with Crippen LogP contribution in [-0.2, 0) is 13.0 Å². The molecule has 2 nitrogen and oxygen atoms in total. The lowest BCUT2D eigenvalue weighted by molar-refractivity contribution is 0.288. The van der Waals surface area contributed by atoms with E-state index >= 15 is 0 Å². The van der Waals surface area contributed by atoms with Gasteiger partial charge in [0.2, 0.25) is 0 Å². The maximum absolute atomic E-state index is 5.54. The fraction of sp³-hybridized carbons (Fsp3) is 0.400. The zero-order chi connectivity index (χ0) is 8.39. The van der Waals surface area contributed by atoms with Gasteiger partial charge in [-0.2, -0.15) is 0 Å². The highest BCUT2D eigenvalue weighted by Gasteiger charge is 2.09. The van der Waals surface area contributed by atoms with Gasteiger partial charge < -0.3 is 10.5 Å². The van der Waals surface area contributed by atoms with Crippen LogP contribution in [-0.4, -0.2) is 6.61 Å². The highest BCUT2D eigenvalue weighted by atomic mass is 16.5. The molecule has 2 heteroatoms. The third-order valence-electron chi connectivity index (χ3n) is 2.21. The third kappa shape index (κ3) is 1.30. The molecule has 2 N–H and O–H groups in total. The number of fused-ring (bicyclic) bond motifs is 1. The Hall–Kier alpha value is -1.02. The van der Waals surface area contributed by atoms with Crippen LogP contribution in [0.4, 0.5) is 0 Å². The molecule has 0 atom stereocenters. The third-order valence-corrected chi connectivity index (χ3v) is 2.21. The van der Waals surface area contributed by atoms with E-state index in [0.29, 0.717) is 6.54 Å². The SMILES string of the molecule is NCc1ccc2c(c1)CCCO2. The van der Waals surface area contributed by atoms with Crippen molar-refractivity contribution >= 4 is 0 Å². The summed E-state index contributed by atoms with van der Waals surface area (Å²) in [5.41, 5.74) is 8.05. The lowest BCUT2D eigenvalue weighted by Gasteiger charge is -2.17. The van der Waals surface area contributed by atoms with Gasteiger partial charge in [0.15, 0.2) is 0 Å². The maximum atomic E-state index is 5.54. The molecule has 12 heavy (non-hydrogen) atoms. The summed E-state index contributed by atoms with van der Waals surface area (Å²) in [4.78, 5) is 0. The summed E-state index contributed by atoms with van der Waals surface area (Å²) in [5, 5.41) is 0. The van der Waals surface area contributed by atoms with Crippen molar-refractivity contribution in [3.05, 3.63) is 29.3 Å². The average molecular weight is 163 g/mol. The van der Waals surface area contributed by atoms with Crippen LogP contribution in [0.5, 0.6) is 5.75 Å². The normalized spacial score (nSPS) is 15.1. The first-order valence-electron chi connectivity index (χ1n) is 4.35. The Balaban J connectivity index is 2.36. The number of nitrogens with two attached hydrogens (primary N) is 1. The molecule has 1 aliphatic rings.